The molecule has 1 fully saturated rings. The average Bonchev–Trinajstić information content (AvgIpc) is 2.66. The molecule has 1 aliphatic heterocycles. The fourth-order valence-corrected chi connectivity index (χ4v) is 3.53. The third kappa shape index (κ3) is 4.56. The van der Waals surface area contributed by atoms with Crippen molar-refractivity contribution in [2.75, 3.05) is 13.1 Å². The first-order chi connectivity index (χ1) is 12.9. The summed E-state index contributed by atoms with van der Waals surface area (Å²) in [7, 11) is 0. The number of H-pyrrole nitrogens is 1. The van der Waals surface area contributed by atoms with Gasteiger partial charge in [-0.05, 0) is 43.2 Å². The number of nitrogens with one attached hydrogen (secondary N) is 1. The van der Waals surface area contributed by atoms with Crippen molar-refractivity contribution in [1.82, 2.24) is 14.9 Å². The van der Waals surface area contributed by atoms with Gasteiger partial charge < -0.3 is 9.88 Å². The van der Waals surface area contributed by atoms with E-state index in [9.17, 15) is 22.8 Å². The number of hydrogen-bond acceptors (Lipinski definition) is 3. The zero-order valence-corrected chi connectivity index (χ0v) is 14.6. The lowest BCUT2D eigenvalue weighted by molar-refractivity contribution is -0.138. The number of rotatable bonds is 4. The summed E-state index contributed by atoms with van der Waals surface area (Å²) in [6.45, 7) is 0.962. The highest BCUT2D eigenvalue weighted by Crippen LogP contribution is 2.33. The van der Waals surface area contributed by atoms with Gasteiger partial charge in [-0.1, -0.05) is 18.2 Å². The predicted molar refractivity (Wildman–Crippen MR) is 93.3 cm³/mol. The first kappa shape index (κ1) is 19.1. The zero-order valence-electron chi connectivity index (χ0n) is 14.6. The smallest absolute Gasteiger partial charge is 0.338 e. The van der Waals surface area contributed by atoms with E-state index in [1.165, 1.54) is 24.7 Å². The highest BCUT2D eigenvalue weighted by Gasteiger charge is 2.33. The van der Waals surface area contributed by atoms with E-state index in [4.69, 9.17) is 0 Å². The summed E-state index contributed by atoms with van der Waals surface area (Å²) in [6, 6.07) is 5.60. The molecular formula is C19H20F3N3O2. The average molecular weight is 379 g/mol. The molecule has 3 rings (SSSR count). The number of halogens is 3. The van der Waals surface area contributed by atoms with Crippen molar-refractivity contribution in [1.29, 1.82) is 0 Å². The summed E-state index contributed by atoms with van der Waals surface area (Å²) in [5, 5.41) is 0. The second-order valence-electron chi connectivity index (χ2n) is 6.75. The Labute approximate surface area is 154 Å². The van der Waals surface area contributed by atoms with Crippen LogP contribution in [0.15, 0.2) is 41.6 Å². The molecule has 2 aromatic rings. The number of hydrogen-bond donors (Lipinski definition) is 1. The van der Waals surface area contributed by atoms with Crippen molar-refractivity contribution < 1.29 is 18.0 Å². The summed E-state index contributed by atoms with van der Waals surface area (Å²) in [5.74, 6) is -0.288. The van der Waals surface area contributed by atoms with E-state index >= 15 is 0 Å². The van der Waals surface area contributed by atoms with Crippen LogP contribution in [-0.2, 0) is 12.6 Å². The van der Waals surface area contributed by atoms with Crippen molar-refractivity contribution in [2.45, 2.75) is 31.9 Å². The number of benzene rings is 1. The SMILES string of the molecule is O=C(c1cnc[nH]c1=O)N1CCC[C@H](CCc2ccccc2C(F)(F)F)C1. The first-order valence-corrected chi connectivity index (χ1v) is 8.83. The van der Waals surface area contributed by atoms with Crippen molar-refractivity contribution in [3.63, 3.8) is 0 Å². The topological polar surface area (TPSA) is 66.1 Å². The number of nitrogens with zero attached hydrogens (tertiary/aromatic N) is 2. The van der Waals surface area contributed by atoms with Gasteiger partial charge in [-0.3, -0.25) is 9.59 Å². The molecule has 1 amide bonds. The van der Waals surface area contributed by atoms with Gasteiger partial charge in [0.2, 0.25) is 0 Å². The van der Waals surface area contributed by atoms with Crippen LogP contribution in [-0.4, -0.2) is 33.9 Å². The van der Waals surface area contributed by atoms with E-state index in [1.807, 2.05) is 0 Å². The number of carbonyl (C=O) groups excluding carboxylic acids is 1. The Bertz CT molecular complexity index is 864. The molecule has 1 saturated heterocycles. The highest BCUT2D eigenvalue weighted by molar-refractivity contribution is 5.93. The molecule has 0 saturated carbocycles. The summed E-state index contributed by atoms with van der Waals surface area (Å²) in [6.07, 6.45) is 0.556. The number of piperidine rings is 1. The maximum Gasteiger partial charge on any atom is 0.416 e. The lowest BCUT2D eigenvalue weighted by atomic mass is 9.90. The number of carbonyl (C=O) groups is 1. The molecule has 5 nitrogen and oxygen atoms in total. The monoisotopic (exact) mass is 379 g/mol. The van der Waals surface area contributed by atoms with E-state index in [0.717, 1.165) is 18.9 Å². The number of aryl methyl sites for hydroxylation is 1. The number of amides is 1. The number of aromatic amines is 1. The van der Waals surface area contributed by atoms with Crippen LogP contribution in [0, 0.1) is 5.92 Å². The van der Waals surface area contributed by atoms with Crippen LogP contribution >= 0.6 is 0 Å². The van der Waals surface area contributed by atoms with Gasteiger partial charge in [0.15, 0.2) is 0 Å². The van der Waals surface area contributed by atoms with Crippen LogP contribution < -0.4 is 5.56 Å². The first-order valence-electron chi connectivity index (χ1n) is 8.83. The Morgan fingerprint density at radius 1 is 1.30 bits per heavy atom. The molecule has 0 aliphatic carbocycles. The van der Waals surface area contributed by atoms with Crippen LogP contribution in [0.1, 0.15) is 40.7 Å². The van der Waals surface area contributed by atoms with Gasteiger partial charge in [-0.15, -0.1) is 0 Å². The summed E-state index contributed by atoms with van der Waals surface area (Å²) in [5.41, 5.74) is -0.829. The third-order valence-corrected chi connectivity index (χ3v) is 4.90. The van der Waals surface area contributed by atoms with Crippen molar-refractivity contribution in [3.8, 4) is 0 Å². The van der Waals surface area contributed by atoms with Gasteiger partial charge in [-0.25, -0.2) is 4.98 Å². The van der Waals surface area contributed by atoms with Gasteiger partial charge in [0, 0.05) is 19.3 Å². The standard InChI is InChI=1S/C19H20F3N3O2/c20-19(21,22)16-6-2-1-5-14(16)8-7-13-4-3-9-25(11-13)18(27)15-10-23-12-24-17(15)26/h1-2,5-6,10,12-13H,3-4,7-9,11H2,(H,23,24,26)/t13-/m1/s1. The maximum absolute atomic E-state index is 13.1. The fourth-order valence-electron chi connectivity index (χ4n) is 3.53. The minimum Gasteiger partial charge on any atom is -0.338 e. The van der Waals surface area contributed by atoms with Crippen molar-refractivity contribution >= 4 is 5.91 Å². The molecule has 0 spiro atoms. The largest absolute Gasteiger partial charge is 0.416 e. The van der Waals surface area contributed by atoms with E-state index in [-0.39, 0.29) is 23.0 Å². The Morgan fingerprint density at radius 3 is 2.81 bits per heavy atom. The number of alkyl halides is 3. The normalized spacial score (nSPS) is 17.7. The molecular weight excluding hydrogens is 359 g/mol. The number of likely N-dealkylation sites (tertiary alicyclic amines) is 1. The lowest BCUT2D eigenvalue weighted by Crippen LogP contribution is -2.42. The van der Waals surface area contributed by atoms with E-state index in [2.05, 4.69) is 9.97 Å². The quantitative estimate of drug-likeness (QED) is 0.887. The van der Waals surface area contributed by atoms with Crippen molar-refractivity contribution in [3.05, 3.63) is 63.8 Å². The van der Waals surface area contributed by atoms with Gasteiger partial charge in [-0.2, -0.15) is 13.2 Å². The molecule has 1 aromatic heterocycles. The second kappa shape index (κ2) is 7.94. The van der Waals surface area contributed by atoms with Crippen LogP contribution in [0.4, 0.5) is 13.2 Å². The van der Waals surface area contributed by atoms with Crippen LogP contribution in [0.2, 0.25) is 0 Å². The molecule has 0 bridgehead atoms. The second-order valence-corrected chi connectivity index (χ2v) is 6.75. The number of aromatic nitrogens is 2. The molecule has 1 aromatic carbocycles. The van der Waals surface area contributed by atoms with Gasteiger partial charge in [0.1, 0.15) is 5.56 Å². The fraction of sp³-hybridized carbons (Fsp3) is 0.421. The molecule has 8 heteroatoms. The van der Waals surface area contributed by atoms with Crippen molar-refractivity contribution in [2.24, 2.45) is 5.92 Å². The van der Waals surface area contributed by atoms with E-state index in [0.29, 0.717) is 25.9 Å². The van der Waals surface area contributed by atoms with Crippen LogP contribution in [0.25, 0.3) is 0 Å². The lowest BCUT2D eigenvalue weighted by Gasteiger charge is -2.32. The molecule has 0 radical (unpaired) electrons. The van der Waals surface area contributed by atoms with Crippen LogP contribution in [0.5, 0.6) is 0 Å². The Kier molecular flexibility index (Phi) is 5.62. The van der Waals surface area contributed by atoms with E-state index < -0.39 is 17.3 Å². The van der Waals surface area contributed by atoms with Gasteiger partial charge >= 0.3 is 6.18 Å². The highest BCUT2D eigenvalue weighted by atomic mass is 19.4. The van der Waals surface area contributed by atoms with Crippen LogP contribution in [0.3, 0.4) is 0 Å². The third-order valence-electron chi connectivity index (χ3n) is 4.90. The summed E-state index contributed by atoms with van der Waals surface area (Å²) >= 11 is 0. The molecule has 1 atom stereocenters. The summed E-state index contributed by atoms with van der Waals surface area (Å²) < 4.78 is 39.3. The molecule has 2 heterocycles. The molecule has 27 heavy (non-hydrogen) atoms. The molecule has 0 unspecified atom stereocenters. The molecule has 1 N–H and O–H groups in total. The van der Waals surface area contributed by atoms with E-state index in [1.54, 1.807) is 11.0 Å². The Balaban J connectivity index is 1.65. The van der Waals surface area contributed by atoms with Gasteiger partial charge in [0.05, 0.1) is 11.9 Å². The predicted octanol–water partition coefficient (Wildman–Crippen LogP) is 3.27. The molecule has 1 aliphatic rings. The Hall–Kier alpha value is -2.64. The minimum atomic E-state index is -4.37. The maximum atomic E-state index is 13.1. The van der Waals surface area contributed by atoms with Gasteiger partial charge in [0.25, 0.3) is 11.5 Å². The Morgan fingerprint density at radius 2 is 2.07 bits per heavy atom. The minimum absolute atomic E-state index is 0.0134. The zero-order chi connectivity index (χ0) is 19.4. The molecule has 144 valence electrons. The summed E-state index contributed by atoms with van der Waals surface area (Å²) in [4.78, 5) is 32.1.